The third-order valence-corrected chi connectivity index (χ3v) is 3.14. The molecule has 0 aliphatic carbocycles. The summed E-state index contributed by atoms with van der Waals surface area (Å²) >= 11 is 0. The Hall–Kier alpha value is -2.44. The van der Waals surface area contributed by atoms with E-state index in [0.29, 0.717) is 11.0 Å². The van der Waals surface area contributed by atoms with Gasteiger partial charge in [0.1, 0.15) is 12.6 Å². The highest BCUT2D eigenvalue weighted by atomic mass is 19.4. The summed E-state index contributed by atoms with van der Waals surface area (Å²) in [6.45, 7) is 6.29. The van der Waals surface area contributed by atoms with Crippen molar-refractivity contribution >= 4 is 17.3 Å². The Morgan fingerprint density at radius 3 is 2.25 bits per heavy atom. The van der Waals surface area contributed by atoms with Crippen molar-refractivity contribution in [1.29, 1.82) is 0 Å². The average Bonchev–Trinajstić information content (AvgIpc) is 2.43. The molecule has 1 aromatic carbocycles. The second-order valence-electron chi connectivity index (χ2n) is 4.82. The molecule has 0 aliphatic rings. The number of nitrogens with zero attached hydrogens (tertiary/aromatic N) is 2. The minimum absolute atomic E-state index is 0.253. The van der Waals surface area contributed by atoms with Gasteiger partial charge in [-0.15, -0.1) is 0 Å². The van der Waals surface area contributed by atoms with Crippen LogP contribution in [0.15, 0.2) is 18.2 Å². The molecule has 0 fully saturated rings. The molecule has 0 heterocycles. The van der Waals surface area contributed by atoms with Gasteiger partial charge in [0.25, 0.3) is 0 Å². The summed E-state index contributed by atoms with van der Waals surface area (Å²) < 4.78 is 77.1. The molecule has 0 aliphatic heterocycles. The first-order valence-corrected chi connectivity index (χ1v) is 6.55. The molecule has 10 heteroatoms. The van der Waals surface area contributed by atoms with Crippen molar-refractivity contribution in [3.05, 3.63) is 35.2 Å². The van der Waals surface area contributed by atoms with Crippen LogP contribution in [-0.4, -0.2) is 29.8 Å². The van der Waals surface area contributed by atoms with Crippen molar-refractivity contribution < 1.29 is 36.2 Å². The van der Waals surface area contributed by atoms with Gasteiger partial charge >= 0.3 is 18.3 Å². The molecule has 1 aromatic rings. The maximum absolute atomic E-state index is 13.0. The molecule has 0 saturated heterocycles. The summed E-state index contributed by atoms with van der Waals surface area (Å²) in [6.07, 6.45) is -10.0. The Morgan fingerprint density at radius 2 is 1.88 bits per heavy atom. The predicted octanol–water partition coefficient (Wildman–Crippen LogP) is 4.49. The van der Waals surface area contributed by atoms with Crippen LogP contribution in [0.1, 0.15) is 18.9 Å². The second-order valence-corrected chi connectivity index (χ2v) is 4.82. The van der Waals surface area contributed by atoms with Gasteiger partial charge in [-0.05, 0) is 18.6 Å². The molecular formula is C14H12F6N2O2. The topological polar surface area (TPSA) is 44.9 Å². The standard InChI is InChI=1S/C14H12F6N2O2/c1-3-11(12(23)24)22(7-13(15,16)17)8-4-5-10(21-2)9(6-8)14(18,19)20/h4-6,11H,3,7H2,1H3,(H,23,24). The van der Waals surface area contributed by atoms with E-state index >= 15 is 0 Å². The van der Waals surface area contributed by atoms with Gasteiger partial charge in [0.15, 0.2) is 5.69 Å². The molecule has 1 N–H and O–H groups in total. The number of carbonyl (C=O) groups is 1. The van der Waals surface area contributed by atoms with E-state index in [4.69, 9.17) is 11.7 Å². The highest BCUT2D eigenvalue weighted by Crippen LogP contribution is 2.39. The number of benzene rings is 1. The molecule has 0 radical (unpaired) electrons. The number of hydrogen-bond donors (Lipinski definition) is 1. The molecule has 132 valence electrons. The summed E-state index contributed by atoms with van der Waals surface area (Å²) in [4.78, 5) is 14.2. The number of halogens is 6. The second kappa shape index (κ2) is 6.98. The van der Waals surface area contributed by atoms with Crippen LogP contribution in [0.3, 0.4) is 0 Å². The zero-order valence-corrected chi connectivity index (χ0v) is 12.2. The fourth-order valence-electron chi connectivity index (χ4n) is 2.13. The third kappa shape index (κ3) is 4.78. The van der Waals surface area contributed by atoms with Crippen molar-refractivity contribution in [2.45, 2.75) is 31.7 Å². The molecule has 1 rings (SSSR count). The molecule has 1 unspecified atom stereocenters. The smallest absolute Gasteiger partial charge is 0.407 e. The van der Waals surface area contributed by atoms with Gasteiger partial charge in [-0.25, -0.2) is 9.64 Å². The molecule has 0 bridgehead atoms. The lowest BCUT2D eigenvalue weighted by Crippen LogP contribution is -2.46. The average molecular weight is 354 g/mol. The van der Waals surface area contributed by atoms with E-state index in [2.05, 4.69) is 4.85 Å². The van der Waals surface area contributed by atoms with Gasteiger partial charge < -0.3 is 10.0 Å². The molecule has 0 aromatic heterocycles. The monoisotopic (exact) mass is 354 g/mol. The Bertz CT molecular complexity index is 648. The van der Waals surface area contributed by atoms with E-state index in [-0.39, 0.29) is 6.42 Å². The lowest BCUT2D eigenvalue weighted by atomic mass is 10.1. The molecule has 0 amide bonds. The Kier molecular flexibility index (Phi) is 5.71. The fourth-order valence-corrected chi connectivity index (χ4v) is 2.13. The van der Waals surface area contributed by atoms with E-state index in [0.717, 1.165) is 12.1 Å². The van der Waals surface area contributed by atoms with Gasteiger partial charge in [0, 0.05) is 5.69 Å². The van der Waals surface area contributed by atoms with E-state index in [9.17, 15) is 31.1 Å². The summed E-state index contributed by atoms with van der Waals surface area (Å²) in [6, 6.07) is 0.305. The van der Waals surface area contributed by atoms with Crippen LogP contribution in [0.4, 0.5) is 37.7 Å². The number of anilines is 1. The van der Waals surface area contributed by atoms with Crippen molar-refractivity contribution in [2.75, 3.05) is 11.4 Å². The van der Waals surface area contributed by atoms with Crippen LogP contribution in [0.5, 0.6) is 0 Å². The summed E-state index contributed by atoms with van der Waals surface area (Å²) in [5.74, 6) is -1.59. The van der Waals surface area contributed by atoms with Gasteiger partial charge in [0.05, 0.1) is 12.1 Å². The minimum Gasteiger partial charge on any atom is -0.480 e. The molecule has 4 nitrogen and oxygen atoms in total. The van der Waals surface area contributed by atoms with Gasteiger partial charge in [-0.1, -0.05) is 13.0 Å². The van der Waals surface area contributed by atoms with Crippen molar-refractivity contribution in [2.24, 2.45) is 0 Å². The lowest BCUT2D eigenvalue weighted by molar-refractivity contribution is -0.140. The first-order valence-electron chi connectivity index (χ1n) is 6.55. The van der Waals surface area contributed by atoms with Crippen LogP contribution in [0.25, 0.3) is 4.85 Å². The SMILES string of the molecule is [C-]#[N+]c1ccc(N(CC(F)(F)F)C(CC)C(=O)O)cc1C(F)(F)F. The quantitative estimate of drug-likeness (QED) is 0.626. The maximum Gasteiger partial charge on any atom is 0.407 e. The number of aliphatic carboxylic acids is 1. The number of rotatable bonds is 5. The number of alkyl halides is 6. The highest BCUT2D eigenvalue weighted by molar-refractivity contribution is 5.79. The van der Waals surface area contributed by atoms with Crippen LogP contribution >= 0.6 is 0 Å². The largest absolute Gasteiger partial charge is 0.480 e. The van der Waals surface area contributed by atoms with Gasteiger partial charge in [-0.2, -0.15) is 26.3 Å². The van der Waals surface area contributed by atoms with Gasteiger partial charge in [0.2, 0.25) is 0 Å². The minimum atomic E-state index is -4.95. The van der Waals surface area contributed by atoms with E-state index in [1.807, 2.05) is 0 Å². The Labute approximate surface area is 133 Å². The van der Waals surface area contributed by atoms with Crippen LogP contribution in [0.2, 0.25) is 0 Å². The molecule has 0 saturated carbocycles. The zero-order chi connectivity index (χ0) is 18.7. The van der Waals surface area contributed by atoms with E-state index in [1.165, 1.54) is 6.92 Å². The normalized spacial score (nSPS) is 13.2. The number of carboxylic acid groups (broad SMARTS) is 1. The number of hydrogen-bond acceptors (Lipinski definition) is 2. The molecular weight excluding hydrogens is 342 g/mol. The predicted molar refractivity (Wildman–Crippen MR) is 72.8 cm³/mol. The van der Waals surface area contributed by atoms with Crippen LogP contribution in [-0.2, 0) is 11.0 Å². The Morgan fingerprint density at radius 1 is 1.29 bits per heavy atom. The van der Waals surface area contributed by atoms with Crippen molar-refractivity contribution in [3.8, 4) is 0 Å². The van der Waals surface area contributed by atoms with Crippen molar-refractivity contribution in [3.63, 3.8) is 0 Å². The summed E-state index contributed by atoms with van der Waals surface area (Å²) in [5.41, 5.74) is -2.76. The Balaban J connectivity index is 3.48. The summed E-state index contributed by atoms with van der Waals surface area (Å²) in [7, 11) is 0. The van der Waals surface area contributed by atoms with E-state index < -0.39 is 47.8 Å². The molecule has 1 atom stereocenters. The molecule has 24 heavy (non-hydrogen) atoms. The van der Waals surface area contributed by atoms with Gasteiger partial charge in [-0.3, -0.25) is 0 Å². The van der Waals surface area contributed by atoms with Crippen molar-refractivity contribution in [1.82, 2.24) is 0 Å². The highest BCUT2D eigenvalue weighted by Gasteiger charge is 2.38. The van der Waals surface area contributed by atoms with E-state index in [1.54, 1.807) is 0 Å². The maximum atomic E-state index is 13.0. The first kappa shape index (κ1) is 19.6. The number of carboxylic acids is 1. The zero-order valence-electron chi connectivity index (χ0n) is 12.2. The van der Waals surface area contributed by atoms with Crippen LogP contribution in [0, 0.1) is 6.57 Å². The third-order valence-electron chi connectivity index (χ3n) is 3.14. The lowest BCUT2D eigenvalue weighted by Gasteiger charge is -2.31. The first-order chi connectivity index (χ1) is 10.9. The summed E-state index contributed by atoms with van der Waals surface area (Å²) in [5, 5.41) is 9.05. The molecule has 0 spiro atoms. The van der Waals surface area contributed by atoms with Crippen LogP contribution < -0.4 is 4.90 Å². The fraction of sp³-hybridized carbons (Fsp3) is 0.429.